The van der Waals surface area contributed by atoms with Crippen molar-refractivity contribution >= 4 is 21.8 Å². The number of hydrogen-bond donors (Lipinski definition) is 1. The molecule has 1 saturated heterocycles. The number of carbonyl (C=O) groups is 1. The molecule has 0 bridgehead atoms. The fraction of sp³-hybridized carbons (Fsp3) is 0.588. The predicted octanol–water partition coefficient (Wildman–Crippen LogP) is -0.0418. The number of carbonyl (C=O) groups excluding carboxylic acids is 1. The molecule has 1 aromatic carbocycles. The van der Waals surface area contributed by atoms with E-state index in [-0.39, 0.29) is 5.60 Å². The smallest absolute Gasteiger partial charge is 0.325 e. The van der Waals surface area contributed by atoms with Crippen molar-refractivity contribution in [3.8, 4) is 0 Å². The van der Waals surface area contributed by atoms with Crippen LogP contribution in [0.1, 0.15) is 13.8 Å². The van der Waals surface area contributed by atoms with E-state index in [1.54, 1.807) is 0 Å². The number of carboxylic acid groups (broad SMARTS) is 1. The van der Waals surface area contributed by atoms with Crippen molar-refractivity contribution in [2.24, 2.45) is 0 Å². The zero-order valence-corrected chi connectivity index (χ0v) is 16.7. The molecule has 0 spiro atoms. The molecule has 0 saturated carbocycles. The number of morpholine rings is 1. The lowest BCUT2D eigenvalue weighted by molar-refractivity contribution is -0.875. The highest BCUT2D eigenvalue weighted by atomic mass is 32.2. The minimum atomic E-state index is -4.61. The van der Waals surface area contributed by atoms with Crippen molar-refractivity contribution in [2.75, 3.05) is 45.7 Å². The van der Waals surface area contributed by atoms with Gasteiger partial charge < -0.3 is 24.0 Å². The second kappa shape index (κ2) is 8.34. The molecule has 1 aliphatic rings. The average molecular weight is 388 g/mol. The van der Waals surface area contributed by atoms with Gasteiger partial charge in [-0.1, -0.05) is 18.2 Å². The van der Waals surface area contributed by atoms with E-state index in [4.69, 9.17) is 9.29 Å². The largest absolute Gasteiger partial charge is 0.543 e. The maximum Gasteiger partial charge on any atom is 0.325 e. The highest BCUT2D eigenvalue weighted by Crippen LogP contribution is 2.22. The molecule has 9 heteroatoms. The Kier molecular flexibility index (Phi) is 7.17. The summed E-state index contributed by atoms with van der Waals surface area (Å²) in [4.78, 5) is 12.7. The maximum absolute atomic E-state index is 10.5. The van der Waals surface area contributed by atoms with Gasteiger partial charge in [0.15, 0.2) is 0 Å². The number of quaternary nitrogens is 1. The van der Waals surface area contributed by atoms with E-state index in [9.17, 15) is 18.3 Å². The molecule has 0 aromatic heterocycles. The van der Waals surface area contributed by atoms with Crippen molar-refractivity contribution in [1.29, 1.82) is 0 Å². The van der Waals surface area contributed by atoms with Crippen LogP contribution in [0.4, 0.5) is 5.69 Å². The molecule has 2 rings (SSSR count). The summed E-state index contributed by atoms with van der Waals surface area (Å²) in [6, 6.07) is 10.5. The zero-order valence-electron chi connectivity index (χ0n) is 15.9. The minimum absolute atomic E-state index is 0.0198. The summed E-state index contributed by atoms with van der Waals surface area (Å²) in [5, 5.41) is 8.38. The number of hydrogen-bond acceptors (Lipinski definition) is 6. The van der Waals surface area contributed by atoms with Gasteiger partial charge in [-0.05, 0) is 26.0 Å². The number of benzene rings is 1. The van der Waals surface area contributed by atoms with Crippen LogP contribution in [0.3, 0.4) is 0 Å². The van der Waals surface area contributed by atoms with Gasteiger partial charge in [-0.2, -0.15) is 8.42 Å². The molecule has 1 aliphatic heterocycles. The molecule has 1 aromatic rings. The highest BCUT2D eigenvalue weighted by molar-refractivity contribution is 7.87. The van der Waals surface area contributed by atoms with Crippen molar-refractivity contribution in [2.45, 2.75) is 24.8 Å². The summed E-state index contributed by atoms with van der Waals surface area (Å²) < 4.78 is 34.8. The van der Waals surface area contributed by atoms with Gasteiger partial charge in [-0.3, -0.25) is 4.55 Å². The maximum atomic E-state index is 10.5. The van der Waals surface area contributed by atoms with Crippen LogP contribution in [0.5, 0.6) is 0 Å². The Bertz CT molecular complexity index is 698. The van der Waals surface area contributed by atoms with Crippen LogP contribution in [0.2, 0.25) is 0 Å². The monoisotopic (exact) mass is 388 g/mol. The first-order valence-corrected chi connectivity index (χ1v) is 9.66. The lowest BCUT2D eigenvalue weighted by atomic mass is 10.1. The van der Waals surface area contributed by atoms with Crippen molar-refractivity contribution in [3.05, 3.63) is 30.3 Å². The van der Waals surface area contributed by atoms with Crippen LogP contribution in [-0.4, -0.2) is 75.2 Å². The Balaban J connectivity index is 0.000000265. The van der Waals surface area contributed by atoms with Gasteiger partial charge in [0.1, 0.15) is 5.97 Å². The topological polar surface area (TPSA) is 107 Å². The second-order valence-electron chi connectivity index (χ2n) is 7.67. The lowest BCUT2D eigenvalue weighted by Gasteiger charge is -2.39. The number of likely N-dealkylation sites (N-methyl/N-ethyl adjacent to an activating group) is 1. The summed E-state index contributed by atoms with van der Waals surface area (Å²) >= 11 is 0. The Morgan fingerprint density at radius 1 is 1.27 bits per heavy atom. The Hall–Kier alpha value is -1.68. The molecular formula is C17H28N2O6S. The molecule has 1 atom stereocenters. The number of nitrogens with zero attached hydrogens (tertiary/aromatic N) is 2. The van der Waals surface area contributed by atoms with Crippen molar-refractivity contribution in [1.82, 2.24) is 0 Å². The third-order valence-electron chi connectivity index (χ3n) is 3.73. The predicted molar refractivity (Wildman–Crippen MR) is 97.1 cm³/mol. The summed E-state index contributed by atoms with van der Waals surface area (Å²) in [5.74, 6) is -1.81. The van der Waals surface area contributed by atoms with Crippen molar-refractivity contribution in [3.63, 3.8) is 0 Å². The summed E-state index contributed by atoms with van der Waals surface area (Å²) in [6.45, 7) is 7.07. The number of aliphatic carboxylic acids is 1. The van der Waals surface area contributed by atoms with Gasteiger partial charge in [-0.25, -0.2) is 0 Å². The second-order valence-corrected chi connectivity index (χ2v) is 9.14. The zero-order chi connectivity index (χ0) is 20.2. The number of ether oxygens (including phenoxy) is 1. The number of carboxylic acids is 1. The van der Waals surface area contributed by atoms with Crippen LogP contribution in [-0.2, 0) is 19.6 Å². The molecule has 1 unspecified atom stereocenters. The van der Waals surface area contributed by atoms with Gasteiger partial charge in [0, 0.05) is 18.8 Å². The normalized spacial score (nSPS) is 18.5. The molecular weight excluding hydrogens is 360 g/mol. The molecule has 26 heavy (non-hydrogen) atoms. The Morgan fingerprint density at radius 3 is 2.15 bits per heavy atom. The summed E-state index contributed by atoms with van der Waals surface area (Å²) in [7, 11) is -0.629. The molecule has 8 nitrogen and oxygen atoms in total. The van der Waals surface area contributed by atoms with Gasteiger partial charge >= 0.3 is 10.1 Å². The Morgan fingerprint density at radius 2 is 1.81 bits per heavy atom. The number of anilines is 1. The van der Waals surface area contributed by atoms with Crippen LogP contribution in [0.25, 0.3) is 0 Å². The molecule has 0 aliphatic carbocycles. The van der Waals surface area contributed by atoms with E-state index in [1.165, 1.54) is 26.8 Å². The minimum Gasteiger partial charge on any atom is -0.543 e. The quantitative estimate of drug-likeness (QED) is 0.570. The Labute approximate surface area is 155 Å². The number of rotatable bonds is 4. The summed E-state index contributed by atoms with van der Waals surface area (Å²) in [5.41, 5.74) is 1.28. The molecule has 0 amide bonds. The van der Waals surface area contributed by atoms with Gasteiger partial charge in [0.25, 0.3) is 5.37 Å². The fourth-order valence-electron chi connectivity index (χ4n) is 2.71. The van der Waals surface area contributed by atoms with Crippen LogP contribution >= 0.6 is 0 Å². The molecule has 1 fully saturated rings. The highest BCUT2D eigenvalue weighted by Gasteiger charge is 2.37. The lowest BCUT2D eigenvalue weighted by Crippen LogP contribution is -2.58. The van der Waals surface area contributed by atoms with E-state index in [0.717, 1.165) is 19.7 Å². The van der Waals surface area contributed by atoms with Gasteiger partial charge in [-0.15, -0.1) is 0 Å². The first kappa shape index (κ1) is 22.4. The molecule has 1 heterocycles. The van der Waals surface area contributed by atoms with Gasteiger partial charge in [0.2, 0.25) is 0 Å². The number of para-hydroxylation sites is 1. The first-order chi connectivity index (χ1) is 11.7. The van der Waals surface area contributed by atoms with Crippen molar-refractivity contribution < 1.29 is 32.1 Å². The fourth-order valence-corrected chi connectivity index (χ4v) is 3.76. The van der Waals surface area contributed by atoms with Crippen LogP contribution in [0, 0.1) is 0 Å². The third kappa shape index (κ3) is 6.91. The SMILES string of the molecule is CC1(C)CN(c2ccccc2)CCO1.C[N+](C)(C)C(C(=O)[O-])S(=O)(=O)O. The van der Waals surface area contributed by atoms with E-state index < -0.39 is 25.9 Å². The third-order valence-corrected chi connectivity index (χ3v) is 5.12. The first-order valence-electron chi connectivity index (χ1n) is 8.16. The van der Waals surface area contributed by atoms with Gasteiger partial charge in [0.05, 0.1) is 33.4 Å². The van der Waals surface area contributed by atoms with Crippen LogP contribution in [0.15, 0.2) is 30.3 Å². The molecule has 1 N–H and O–H groups in total. The van der Waals surface area contributed by atoms with E-state index >= 15 is 0 Å². The standard InChI is InChI=1S/C12H17NO.C5H11NO5S/c1-12(2)10-13(8-9-14-12)11-6-4-3-5-7-11;1-6(2,3)4(5(7)8)12(9,10)11/h3-7H,8-10H2,1-2H3;4H,1-3H3,(H-,7,8,9,10,11). The molecule has 148 valence electrons. The summed E-state index contributed by atoms with van der Waals surface area (Å²) in [6.07, 6.45) is 0. The molecule has 0 radical (unpaired) electrons. The average Bonchev–Trinajstić information content (AvgIpc) is 2.44. The van der Waals surface area contributed by atoms with E-state index in [0.29, 0.717) is 0 Å². The van der Waals surface area contributed by atoms with E-state index in [1.807, 2.05) is 0 Å². The van der Waals surface area contributed by atoms with E-state index in [2.05, 4.69) is 49.1 Å². The van der Waals surface area contributed by atoms with Crippen LogP contribution < -0.4 is 10.0 Å².